The summed E-state index contributed by atoms with van der Waals surface area (Å²) < 4.78 is 10.5. The zero-order valence-corrected chi connectivity index (χ0v) is 12.1. The molecule has 0 aliphatic heterocycles. The average molecular weight is 289 g/mol. The molecule has 112 valence electrons. The molecule has 2 aromatic heterocycles. The molecule has 0 amide bonds. The maximum absolute atomic E-state index is 5.98. The first-order valence-electron chi connectivity index (χ1n) is 7.20. The third-order valence-corrected chi connectivity index (χ3v) is 4.16. The van der Waals surface area contributed by atoms with Crippen molar-refractivity contribution in [1.82, 2.24) is 20.3 Å². The molecule has 7 heteroatoms. The van der Waals surface area contributed by atoms with Crippen LogP contribution in [0.15, 0.2) is 16.7 Å². The van der Waals surface area contributed by atoms with Gasteiger partial charge in [0.1, 0.15) is 5.69 Å². The van der Waals surface area contributed by atoms with Gasteiger partial charge in [0.05, 0.1) is 12.5 Å². The standard InChI is InChI=1S/C14H19N5O2/c1-20-11-6-5-10(17-18-11)12-16-13(21-19-12)14(9-15)7-3-2-4-8-14/h5-6H,2-4,7-9,15H2,1H3. The van der Waals surface area contributed by atoms with Crippen molar-refractivity contribution < 1.29 is 9.26 Å². The highest BCUT2D eigenvalue weighted by Gasteiger charge is 2.38. The van der Waals surface area contributed by atoms with Crippen molar-refractivity contribution in [3.63, 3.8) is 0 Å². The van der Waals surface area contributed by atoms with Gasteiger partial charge in [-0.25, -0.2) is 0 Å². The van der Waals surface area contributed by atoms with E-state index in [2.05, 4.69) is 20.3 Å². The highest BCUT2D eigenvalue weighted by molar-refractivity contribution is 5.47. The van der Waals surface area contributed by atoms with Gasteiger partial charge in [0.15, 0.2) is 0 Å². The molecule has 3 rings (SSSR count). The molecule has 2 aromatic rings. The monoisotopic (exact) mass is 289 g/mol. The minimum absolute atomic E-state index is 0.177. The maximum Gasteiger partial charge on any atom is 0.234 e. The lowest BCUT2D eigenvalue weighted by Crippen LogP contribution is -2.37. The smallest absolute Gasteiger partial charge is 0.234 e. The summed E-state index contributed by atoms with van der Waals surface area (Å²) in [5.74, 6) is 1.52. The predicted octanol–water partition coefficient (Wildman–Crippen LogP) is 1.70. The van der Waals surface area contributed by atoms with Crippen LogP contribution in [0, 0.1) is 0 Å². The topological polar surface area (TPSA) is 100.0 Å². The van der Waals surface area contributed by atoms with Crippen LogP contribution in [0.4, 0.5) is 0 Å². The predicted molar refractivity (Wildman–Crippen MR) is 75.7 cm³/mol. The fraction of sp³-hybridized carbons (Fsp3) is 0.571. The maximum atomic E-state index is 5.98. The van der Waals surface area contributed by atoms with Gasteiger partial charge in [-0.3, -0.25) is 0 Å². The summed E-state index contributed by atoms with van der Waals surface area (Å²) in [4.78, 5) is 4.50. The molecule has 0 spiro atoms. The normalized spacial score (nSPS) is 17.6. The number of hydrogen-bond acceptors (Lipinski definition) is 7. The van der Waals surface area contributed by atoms with Crippen LogP contribution in [0.2, 0.25) is 0 Å². The number of methoxy groups -OCH3 is 1. The molecular formula is C14H19N5O2. The first kappa shape index (κ1) is 13.9. The molecule has 0 atom stereocenters. The fourth-order valence-corrected chi connectivity index (χ4v) is 2.82. The number of hydrogen-bond donors (Lipinski definition) is 1. The molecule has 1 fully saturated rings. The van der Waals surface area contributed by atoms with Crippen LogP contribution in [0.1, 0.15) is 38.0 Å². The Hall–Kier alpha value is -2.02. The molecular weight excluding hydrogens is 270 g/mol. The number of aromatic nitrogens is 4. The van der Waals surface area contributed by atoms with Crippen LogP contribution in [-0.4, -0.2) is 34.0 Å². The van der Waals surface area contributed by atoms with Gasteiger partial charge < -0.3 is 15.0 Å². The Balaban J connectivity index is 1.87. The van der Waals surface area contributed by atoms with Crippen LogP contribution in [0.3, 0.4) is 0 Å². The number of nitrogens with zero attached hydrogens (tertiary/aromatic N) is 4. The van der Waals surface area contributed by atoms with E-state index in [4.69, 9.17) is 15.0 Å². The van der Waals surface area contributed by atoms with E-state index in [9.17, 15) is 0 Å². The molecule has 1 aliphatic carbocycles. The lowest BCUT2D eigenvalue weighted by molar-refractivity contribution is 0.220. The number of rotatable bonds is 4. The Labute approximate surface area is 122 Å². The molecule has 1 aliphatic rings. The molecule has 2 heterocycles. The van der Waals surface area contributed by atoms with Gasteiger partial charge in [0.2, 0.25) is 17.6 Å². The first-order chi connectivity index (χ1) is 10.3. The van der Waals surface area contributed by atoms with E-state index in [0.717, 1.165) is 25.7 Å². The van der Waals surface area contributed by atoms with Crippen LogP contribution < -0.4 is 10.5 Å². The van der Waals surface area contributed by atoms with Gasteiger partial charge in [0.25, 0.3) is 0 Å². The molecule has 1 saturated carbocycles. The summed E-state index contributed by atoms with van der Waals surface area (Å²) in [6.45, 7) is 0.531. The van der Waals surface area contributed by atoms with Crippen molar-refractivity contribution in [2.45, 2.75) is 37.5 Å². The summed E-state index contributed by atoms with van der Waals surface area (Å²) in [6, 6.07) is 3.48. The third-order valence-electron chi connectivity index (χ3n) is 4.16. The first-order valence-corrected chi connectivity index (χ1v) is 7.20. The Bertz CT molecular complexity index is 590. The summed E-state index contributed by atoms with van der Waals surface area (Å²) >= 11 is 0. The number of ether oxygens (including phenoxy) is 1. The largest absolute Gasteiger partial charge is 0.480 e. The van der Waals surface area contributed by atoms with Crippen molar-refractivity contribution in [3.05, 3.63) is 18.0 Å². The van der Waals surface area contributed by atoms with Gasteiger partial charge in [-0.2, -0.15) is 4.98 Å². The van der Waals surface area contributed by atoms with Crippen LogP contribution >= 0.6 is 0 Å². The highest BCUT2D eigenvalue weighted by Crippen LogP contribution is 2.38. The van der Waals surface area contributed by atoms with Crippen LogP contribution in [0.25, 0.3) is 11.5 Å². The van der Waals surface area contributed by atoms with Crippen molar-refractivity contribution in [2.24, 2.45) is 5.73 Å². The molecule has 0 unspecified atom stereocenters. The van der Waals surface area contributed by atoms with E-state index in [1.54, 1.807) is 19.2 Å². The van der Waals surface area contributed by atoms with Crippen molar-refractivity contribution in [2.75, 3.05) is 13.7 Å². The van der Waals surface area contributed by atoms with Gasteiger partial charge in [-0.05, 0) is 18.9 Å². The van der Waals surface area contributed by atoms with E-state index in [1.165, 1.54) is 6.42 Å². The Morgan fingerprint density at radius 3 is 2.67 bits per heavy atom. The molecule has 21 heavy (non-hydrogen) atoms. The lowest BCUT2D eigenvalue weighted by Gasteiger charge is -2.32. The quantitative estimate of drug-likeness (QED) is 0.914. The Kier molecular flexibility index (Phi) is 3.83. The second-order valence-electron chi connectivity index (χ2n) is 5.43. The minimum Gasteiger partial charge on any atom is -0.480 e. The summed E-state index contributed by atoms with van der Waals surface area (Å²) in [7, 11) is 1.55. The molecule has 0 aromatic carbocycles. The summed E-state index contributed by atoms with van der Waals surface area (Å²) in [6.07, 6.45) is 5.54. The molecule has 2 N–H and O–H groups in total. The van der Waals surface area contributed by atoms with Crippen molar-refractivity contribution in [3.8, 4) is 17.4 Å². The molecule has 0 radical (unpaired) electrons. The lowest BCUT2D eigenvalue weighted by atomic mass is 9.74. The zero-order chi connectivity index (χ0) is 14.7. The SMILES string of the molecule is COc1ccc(-c2noc(C3(CN)CCCCC3)n2)nn1. The van der Waals surface area contributed by atoms with E-state index >= 15 is 0 Å². The molecule has 0 saturated heterocycles. The zero-order valence-electron chi connectivity index (χ0n) is 12.1. The molecule has 7 nitrogen and oxygen atoms in total. The van der Waals surface area contributed by atoms with Crippen molar-refractivity contribution >= 4 is 0 Å². The minimum atomic E-state index is -0.177. The summed E-state index contributed by atoms with van der Waals surface area (Å²) in [5, 5.41) is 12.0. The van der Waals surface area contributed by atoms with Gasteiger partial charge in [-0.1, -0.05) is 24.4 Å². The Morgan fingerprint density at radius 2 is 2.05 bits per heavy atom. The second kappa shape index (κ2) is 5.77. The van der Waals surface area contributed by atoms with Crippen LogP contribution in [0.5, 0.6) is 5.88 Å². The third kappa shape index (κ3) is 2.61. The van der Waals surface area contributed by atoms with E-state index < -0.39 is 0 Å². The highest BCUT2D eigenvalue weighted by atomic mass is 16.5. The second-order valence-corrected chi connectivity index (χ2v) is 5.43. The Morgan fingerprint density at radius 1 is 1.24 bits per heavy atom. The van der Waals surface area contributed by atoms with Gasteiger partial charge in [-0.15, -0.1) is 10.2 Å². The van der Waals surface area contributed by atoms with Gasteiger partial charge >= 0.3 is 0 Å². The van der Waals surface area contributed by atoms with Crippen molar-refractivity contribution in [1.29, 1.82) is 0 Å². The van der Waals surface area contributed by atoms with E-state index in [-0.39, 0.29) is 5.41 Å². The van der Waals surface area contributed by atoms with E-state index in [0.29, 0.717) is 29.8 Å². The summed E-state index contributed by atoms with van der Waals surface area (Å²) in [5.41, 5.74) is 6.37. The van der Waals surface area contributed by atoms with Crippen LogP contribution in [-0.2, 0) is 5.41 Å². The molecule has 0 bridgehead atoms. The van der Waals surface area contributed by atoms with Gasteiger partial charge in [0, 0.05) is 12.6 Å². The fourth-order valence-electron chi connectivity index (χ4n) is 2.82. The van der Waals surface area contributed by atoms with E-state index in [1.807, 2.05) is 0 Å². The number of nitrogens with two attached hydrogens (primary N) is 1. The average Bonchev–Trinajstić information content (AvgIpc) is 3.06.